The number of nitrogens with zero attached hydrogens (tertiary/aromatic N) is 1. The van der Waals surface area contributed by atoms with Crippen molar-refractivity contribution in [2.24, 2.45) is 0 Å². The molecule has 1 fully saturated rings. The highest BCUT2D eigenvalue weighted by atomic mass is 79.9. The molecule has 0 amide bonds. The molecule has 1 aromatic heterocycles. The van der Waals surface area contributed by atoms with Crippen molar-refractivity contribution in [3.8, 4) is 0 Å². The summed E-state index contributed by atoms with van der Waals surface area (Å²) in [6, 6.07) is 0. The van der Waals surface area contributed by atoms with Crippen molar-refractivity contribution in [1.82, 2.24) is 9.55 Å². The maximum atomic E-state index is 12.3. The maximum absolute atomic E-state index is 12.3. The number of esters is 3. The highest BCUT2D eigenvalue weighted by Gasteiger charge is 2.50. The molecular weight excluding hydrogens is 448 g/mol. The molecule has 1 saturated heterocycles. The Morgan fingerprint density at radius 1 is 1.11 bits per heavy atom. The molecule has 4 atom stereocenters. The second-order valence-corrected chi connectivity index (χ2v) is 7.87. The average molecular weight is 465 g/mol. The van der Waals surface area contributed by atoms with Gasteiger partial charge in [-0.2, -0.15) is 0 Å². The third-order valence-electron chi connectivity index (χ3n) is 3.54. The van der Waals surface area contributed by atoms with Gasteiger partial charge in [0.1, 0.15) is 12.0 Å². The molecule has 0 aromatic carbocycles. The first-order valence-electron chi connectivity index (χ1n) is 7.74. The molecule has 0 spiro atoms. The Kier molecular flexibility index (Phi) is 6.87. The van der Waals surface area contributed by atoms with Gasteiger partial charge in [-0.05, 0) is 15.9 Å². The van der Waals surface area contributed by atoms with E-state index in [9.17, 15) is 24.0 Å². The molecule has 1 aromatic rings. The van der Waals surface area contributed by atoms with Crippen LogP contribution in [0.2, 0.25) is 0 Å². The summed E-state index contributed by atoms with van der Waals surface area (Å²) in [5.74, 6) is -1.80. The Bertz CT molecular complexity index is 866. The number of halogens is 1. The zero-order valence-electron chi connectivity index (χ0n) is 14.6. The third-order valence-corrected chi connectivity index (χ3v) is 5.63. The van der Waals surface area contributed by atoms with Gasteiger partial charge in [-0.3, -0.25) is 28.7 Å². The van der Waals surface area contributed by atoms with Crippen LogP contribution in [0.3, 0.4) is 0 Å². The second-order valence-electron chi connectivity index (χ2n) is 5.66. The number of rotatable bonds is 5. The van der Waals surface area contributed by atoms with Crippen LogP contribution in [0, 0.1) is 0 Å². The fourth-order valence-corrected chi connectivity index (χ4v) is 4.41. The van der Waals surface area contributed by atoms with Gasteiger partial charge in [0.25, 0.3) is 5.56 Å². The summed E-state index contributed by atoms with van der Waals surface area (Å²) in [5, 5.41) is -1.41. The van der Waals surface area contributed by atoms with Gasteiger partial charge in [-0.15, -0.1) is 11.8 Å². The zero-order chi connectivity index (χ0) is 20.3. The van der Waals surface area contributed by atoms with E-state index in [2.05, 4.69) is 20.9 Å². The molecule has 2 heterocycles. The second kappa shape index (κ2) is 8.74. The summed E-state index contributed by atoms with van der Waals surface area (Å²) in [5.41, 5.74) is -1.34. The number of hydrogen-bond donors (Lipinski definition) is 1. The Morgan fingerprint density at radius 2 is 1.70 bits per heavy atom. The molecule has 1 aliphatic rings. The van der Waals surface area contributed by atoms with Gasteiger partial charge in [0.05, 0.1) is 9.72 Å². The van der Waals surface area contributed by atoms with Crippen molar-refractivity contribution >= 4 is 45.6 Å². The maximum Gasteiger partial charge on any atom is 0.329 e. The topological polar surface area (TPSA) is 134 Å². The fourth-order valence-electron chi connectivity index (χ4n) is 2.57. The standard InChI is InChI=1S/C15H17BrN2O8S/c1-6(19)24-5-10-11(25-7(2)20)12(26-8(3)21)14(27-10)18-4-9(16)13(22)17-15(18)23/h4,10-12,14H,5H2,1-3H3,(H,17,22,23)/t10-,11-,12-,14-/m1/s1. The minimum atomic E-state index is -1.03. The molecule has 0 aliphatic carbocycles. The quantitative estimate of drug-likeness (QED) is 0.483. The van der Waals surface area contributed by atoms with E-state index in [0.717, 1.165) is 16.3 Å². The van der Waals surface area contributed by atoms with E-state index in [1.54, 1.807) is 0 Å². The monoisotopic (exact) mass is 464 g/mol. The zero-order valence-corrected chi connectivity index (χ0v) is 17.0. The molecule has 10 nitrogen and oxygen atoms in total. The predicted octanol–water partition coefficient (Wildman–Crippen LogP) is 0.340. The molecule has 1 aliphatic heterocycles. The lowest BCUT2D eigenvalue weighted by atomic mass is 10.1. The van der Waals surface area contributed by atoms with Crippen LogP contribution in [0.4, 0.5) is 0 Å². The minimum absolute atomic E-state index is 0.0942. The van der Waals surface area contributed by atoms with Crippen LogP contribution in [0.15, 0.2) is 20.3 Å². The summed E-state index contributed by atoms with van der Waals surface area (Å²) in [7, 11) is 0. The number of H-pyrrole nitrogens is 1. The van der Waals surface area contributed by atoms with Crippen LogP contribution >= 0.6 is 27.7 Å². The largest absolute Gasteiger partial charge is 0.465 e. The lowest BCUT2D eigenvalue weighted by molar-refractivity contribution is -0.166. The first kappa shape index (κ1) is 21.2. The van der Waals surface area contributed by atoms with Crippen LogP contribution in [-0.2, 0) is 28.6 Å². The van der Waals surface area contributed by atoms with Crippen molar-refractivity contribution in [1.29, 1.82) is 0 Å². The van der Waals surface area contributed by atoms with Gasteiger partial charge in [0.2, 0.25) is 0 Å². The van der Waals surface area contributed by atoms with Crippen LogP contribution in [0.25, 0.3) is 0 Å². The van der Waals surface area contributed by atoms with E-state index < -0.39 is 52.0 Å². The van der Waals surface area contributed by atoms with E-state index >= 15 is 0 Å². The number of nitrogens with one attached hydrogen (secondary N) is 1. The summed E-state index contributed by atoms with van der Waals surface area (Å²) < 4.78 is 16.9. The fraction of sp³-hybridized carbons (Fsp3) is 0.533. The Balaban J connectivity index is 2.47. The first-order valence-corrected chi connectivity index (χ1v) is 9.48. The first-order chi connectivity index (χ1) is 12.6. The molecule has 2 rings (SSSR count). The summed E-state index contributed by atoms with van der Waals surface area (Å²) in [6.07, 6.45) is -0.736. The van der Waals surface area contributed by atoms with Gasteiger partial charge < -0.3 is 14.2 Å². The molecule has 0 radical (unpaired) electrons. The Morgan fingerprint density at radius 3 is 2.26 bits per heavy atom. The minimum Gasteiger partial charge on any atom is -0.465 e. The lowest BCUT2D eigenvalue weighted by Crippen LogP contribution is -2.42. The third kappa shape index (κ3) is 5.22. The van der Waals surface area contributed by atoms with E-state index in [0.29, 0.717) is 0 Å². The van der Waals surface area contributed by atoms with Gasteiger partial charge in [-0.25, -0.2) is 4.79 Å². The van der Waals surface area contributed by atoms with Gasteiger partial charge in [0, 0.05) is 27.0 Å². The molecule has 148 valence electrons. The van der Waals surface area contributed by atoms with E-state index in [-0.39, 0.29) is 11.1 Å². The smallest absolute Gasteiger partial charge is 0.329 e. The van der Waals surface area contributed by atoms with Crippen molar-refractivity contribution in [2.75, 3.05) is 6.61 Å². The van der Waals surface area contributed by atoms with Crippen LogP contribution in [-0.4, -0.2) is 51.5 Å². The number of ether oxygens (including phenoxy) is 3. The van der Waals surface area contributed by atoms with Crippen molar-refractivity contribution in [3.05, 3.63) is 31.5 Å². The lowest BCUT2D eigenvalue weighted by Gasteiger charge is -2.25. The molecule has 27 heavy (non-hydrogen) atoms. The van der Waals surface area contributed by atoms with Gasteiger partial charge in [-0.1, -0.05) is 0 Å². The van der Waals surface area contributed by atoms with E-state index in [1.807, 2.05) is 0 Å². The predicted molar refractivity (Wildman–Crippen MR) is 97.2 cm³/mol. The van der Waals surface area contributed by atoms with E-state index in [4.69, 9.17) is 14.2 Å². The molecule has 0 saturated carbocycles. The normalized spacial score (nSPS) is 24.3. The highest BCUT2D eigenvalue weighted by Crippen LogP contribution is 2.44. The van der Waals surface area contributed by atoms with Gasteiger partial charge >= 0.3 is 23.6 Å². The number of aromatic amines is 1. The molecular formula is C15H17BrN2O8S. The van der Waals surface area contributed by atoms with Crippen molar-refractivity contribution in [3.63, 3.8) is 0 Å². The van der Waals surface area contributed by atoms with Crippen LogP contribution in [0.1, 0.15) is 26.1 Å². The Labute approximate surface area is 165 Å². The summed E-state index contributed by atoms with van der Waals surface area (Å²) in [6.45, 7) is 3.47. The van der Waals surface area contributed by atoms with Crippen molar-refractivity contribution in [2.45, 2.75) is 43.6 Å². The number of carbonyl (C=O) groups is 3. The molecule has 12 heteroatoms. The van der Waals surface area contributed by atoms with E-state index in [1.165, 1.54) is 27.0 Å². The van der Waals surface area contributed by atoms with Crippen LogP contribution < -0.4 is 11.2 Å². The molecule has 0 unspecified atom stereocenters. The molecule has 1 N–H and O–H groups in total. The number of carbonyl (C=O) groups excluding carboxylic acids is 3. The van der Waals surface area contributed by atoms with Crippen molar-refractivity contribution < 1.29 is 28.6 Å². The Hall–Kier alpha value is -2.08. The molecule has 0 bridgehead atoms. The number of aromatic nitrogens is 2. The SMILES string of the molecule is CC(=O)OC[C@H]1S[C@@H](n2cc(Br)c(=O)[nH]c2=O)[C@H](OC(C)=O)[C@@H]1OC(C)=O. The number of hydrogen-bond acceptors (Lipinski definition) is 9. The summed E-state index contributed by atoms with van der Waals surface area (Å²) >= 11 is 4.17. The van der Waals surface area contributed by atoms with Crippen LogP contribution in [0.5, 0.6) is 0 Å². The van der Waals surface area contributed by atoms with Gasteiger partial charge in [0.15, 0.2) is 12.2 Å². The average Bonchev–Trinajstić information content (AvgIpc) is 2.85. The number of thioether (sulfide) groups is 1. The summed E-state index contributed by atoms with van der Waals surface area (Å²) in [4.78, 5) is 60.2. The highest BCUT2D eigenvalue weighted by molar-refractivity contribution is 9.10.